The molecule has 1 aliphatic heterocycles. The number of aliphatic hydroxyl groups excluding tert-OH is 1. The molecule has 1 aromatic carbocycles. The second-order valence-electron chi connectivity index (χ2n) is 4.67. The summed E-state index contributed by atoms with van der Waals surface area (Å²) in [5.41, 5.74) is 0.944. The molecule has 1 amide bonds. The van der Waals surface area contributed by atoms with Crippen LogP contribution >= 0.6 is 11.6 Å². The van der Waals surface area contributed by atoms with E-state index in [1.807, 2.05) is 0 Å². The van der Waals surface area contributed by atoms with Gasteiger partial charge in [0.15, 0.2) is 6.23 Å². The first-order chi connectivity index (χ1) is 8.45. The molecule has 1 unspecified atom stereocenters. The maximum Gasteiger partial charge on any atom is 0.257 e. The lowest BCUT2D eigenvalue weighted by Gasteiger charge is -2.30. The average Bonchev–Trinajstić information content (AvgIpc) is 2.55. The number of aliphatic hydroxyl groups is 1. The molecule has 5 heteroatoms. The highest BCUT2D eigenvalue weighted by atomic mass is 35.5. The van der Waals surface area contributed by atoms with Gasteiger partial charge < -0.3 is 5.11 Å². The Hall–Kier alpha value is -1.39. The zero-order chi connectivity index (χ0) is 13.4. The Bertz CT molecular complexity index is 501. The molecule has 0 spiro atoms. The second-order valence-corrected chi connectivity index (χ2v) is 5.04. The molecule has 0 saturated carbocycles. The van der Waals surface area contributed by atoms with Gasteiger partial charge in [-0.2, -0.15) is 0 Å². The summed E-state index contributed by atoms with van der Waals surface area (Å²) in [7, 11) is 0. The maximum atomic E-state index is 12.2. The third-order valence-electron chi connectivity index (χ3n) is 3.13. The number of halogens is 1. The van der Waals surface area contributed by atoms with Crippen LogP contribution in [0, 0.1) is 5.92 Å². The Balaban J connectivity index is 2.44. The molecule has 4 nitrogen and oxygen atoms in total. The minimum atomic E-state index is -1.11. The minimum Gasteiger partial charge on any atom is -0.369 e. The number of nitrogens with zero attached hydrogens (tertiary/aromatic N) is 1. The summed E-state index contributed by atoms with van der Waals surface area (Å²) < 4.78 is 0. The van der Waals surface area contributed by atoms with Gasteiger partial charge in [-0.1, -0.05) is 32.0 Å². The molecular weight excluding hydrogens is 254 g/mol. The lowest BCUT2D eigenvalue weighted by Crippen LogP contribution is -2.45. The highest BCUT2D eigenvalue weighted by Gasteiger charge is 2.43. The van der Waals surface area contributed by atoms with Crippen molar-refractivity contribution in [2.75, 3.05) is 0 Å². The van der Waals surface area contributed by atoms with Crippen LogP contribution in [0.4, 0.5) is 0 Å². The smallest absolute Gasteiger partial charge is 0.257 e. The lowest BCUT2D eigenvalue weighted by molar-refractivity contribution is -0.120. The van der Waals surface area contributed by atoms with E-state index < -0.39 is 17.5 Å². The number of hydrogen-bond donors (Lipinski definition) is 1. The van der Waals surface area contributed by atoms with Crippen LogP contribution < -0.4 is 0 Å². The van der Waals surface area contributed by atoms with Crippen LogP contribution in [0.3, 0.4) is 0 Å². The lowest BCUT2D eigenvalue weighted by atomic mass is 10.0. The molecule has 0 saturated heterocycles. The molecule has 0 bridgehead atoms. The monoisotopic (exact) mass is 267 g/mol. The number of carbonyl (C=O) groups excluding carboxylic acids is 2. The standard InChI is InChI=1S/C13H14ClNO3/c1-7(2)10(11(14)16)15-12(17)8-5-3-4-6-9(8)13(15)18/h3-7,10,12,17H,1-2H3/t10-,12?/m0/s1. The molecule has 1 heterocycles. The van der Waals surface area contributed by atoms with Crippen molar-refractivity contribution in [2.45, 2.75) is 26.1 Å². The SMILES string of the molecule is CC(C)[C@@H](C(=O)Cl)N1C(=O)c2ccccc2C1O. The molecule has 1 N–H and O–H groups in total. The summed E-state index contributed by atoms with van der Waals surface area (Å²) in [6.07, 6.45) is -1.11. The predicted octanol–water partition coefficient (Wildman–Crippen LogP) is 1.92. The Morgan fingerprint density at radius 1 is 1.39 bits per heavy atom. The molecule has 0 aliphatic carbocycles. The van der Waals surface area contributed by atoms with E-state index in [0.29, 0.717) is 11.1 Å². The van der Waals surface area contributed by atoms with Crippen molar-refractivity contribution in [2.24, 2.45) is 5.92 Å². The third kappa shape index (κ3) is 1.91. The Kier molecular flexibility index (Phi) is 3.41. The normalized spacial score (nSPS) is 20.2. The molecule has 0 fully saturated rings. The fraction of sp³-hybridized carbons (Fsp3) is 0.385. The molecule has 0 aromatic heterocycles. The average molecular weight is 268 g/mol. The van der Waals surface area contributed by atoms with E-state index in [1.54, 1.807) is 38.1 Å². The zero-order valence-corrected chi connectivity index (χ0v) is 10.9. The Morgan fingerprint density at radius 2 is 2.00 bits per heavy atom. The molecular formula is C13H14ClNO3. The van der Waals surface area contributed by atoms with Crippen molar-refractivity contribution in [1.82, 2.24) is 4.90 Å². The summed E-state index contributed by atoms with van der Waals surface area (Å²) in [5, 5.41) is 9.54. The van der Waals surface area contributed by atoms with Crippen molar-refractivity contribution in [3.05, 3.63) is 35.4 Å². The van der Waals surface area contributed by atoms with E-state index in [0.717, 1.165) is 4.90 Å². The predicted molar refractivity (Wildman–Crippen MR) is 67.1 cm³/mol. The molecule has 0 radical (unpaired) electrons. The first-order valence-electron chi connectivity index (χ1n) is 5.74. The third-order valence-corrected chi connectivity index (χ3v) is 3.35. The van der Waals surface area contributed by atoms with Crippen molar-refractivity contribution in [3.8, 4) is 0 Å². The van der Waals surface area contributed by atoms with Crippen LogP contribution in [0.2, 0.25) is 0 Å². The number of benzene rings is 1. The van der Waals surface area contributed by atoms with Gasteiger partial charge in [-0.05, 0) is 23.6 Å². The number of hydrogen-bond acceptors (Lipinski definition) is 3. The van der Waals surface area contributed by atoms with Crippen LogP contribution in [0.5, 0.6) is 0 Å². The van der Waals surface area contributed by atoms with E-state index in [9.17, 15) is 14.7 Å². The summed E-state index contributed by atoms with van der Waals surface area (Å²) in [4.78, 5) is 24.8. The van der Waals surface area contributed by atoms with Gasteiger partial charge in [0.2, 0.25) is 5.24 Å². The summed E-state index contributed by atoms with van der Waals surface area (Å²) in [6, 6.07) is 5.96. The van der Waals surface area contributed by atoms with Crippen molar-refractivity contribution in [3.63, 3.8) is 0 Å². The van der Waals surface area contributed by atoms with Crippen LogP contribution in [-0.2, 0) is 4.79 Å². The van der Waals surface area contributed by atoms with Gasteiger partial charge in [0.1, 0.15) is 6.04 Å². The molecule has 2 rings (SSSR count). The molecule has 18 heavy (non-hydrogen) atoms. The van der Waals surface area contributed by atoms with Crippen molar-refractivity contribution in [1.29, 1.82) is 0 Å². The highest BCUT2D eigenvalue weighted by Crippen LogP contribution is 2.35. The Labute approximate surface area is 110 Å². The highest BCUT2D eigenvalue weighted by molar-refractivity contribution is 6.64. The number of amides is 1. The Morgan fingerprint density at radius 3 is 2.50 bits per heavy atom. The molecule has 96 valence electrons. The second kappa shape index (κ2) is 4.71. The number of fused-ring (bicyclic) bond motifs is 1. The zero-order valence-electron chi connectivity index (χ0n) is 10.1. The van der Waals surface area contributed by atoms with Crippen LogP contribution in [0.25, 0.3) is 0 Å². The van der Waals surface area contributed by atoms with Gasteiger partial charge in [0.25, 0.3) is 5.91 Å². The summed E-state index contributed by atoms with van der Waals surface area (Å²) in [5.74, 6) is -0.520. The summed E-state index contributed by atoms with van der Waals surface area (Å²) >= 11 is 5.55. The molecule has 2 atom stereocenters. The van der Waals surface area contributed by atoms with E-state index in [2.05, 4.69) is 0 Å². The first kappa shape index (κ1) is 13.1. The van der Waals surface area contributed by atoms with E-state index in [4.69, 9.17) is 11.6 Å². The largest absolute Gasteiger partial charge is 0.369 e. The van der Waals surface area contributed by atoms with Gasteiger partial charge in [0, 0.05) is 11.1 Å². The summed E-state index contributed by atoms with van der Waals surface area (Å²) in [6.45, 7) is 3.57. The van der Waals surface area contributed by atoms with Crippen molar-refractivity contribution >= 4 is 22.8 Å². The fourth-order valence-corrected chi connectivity index (χ4v) is 2.65. The van der Waals surface area contributed by atoms with Gasteiger partial charge in [0.05, 0.1) is 0 Å². The quantitative estimate of drug-likeness (QED) is 0.852. The topological polar surface area (TPSA) is 57.6 Å². The number of rotatable bonds is 3. The van der Waals surface area contributed by atoms with Gasteiger partial charge in [-0.25, -0.2) is 0 Å². The first-order valence-corrected chi connectivity index (χ1v) is 6.12. The van der Waals surface area contributed by atoms with Gasteiger partial charge in [-0.3, -0.25) is 14.5 Å². The number of carbonyl (C=O) groups is 2. The van der Waals surface area contributed by atoms with Gasteiger partial charge in [-0.15, -0.1) is 0 Å². The fourth-order valence-electron chi connectivity index (χ4n) is 2.29. The van der Waals surface area contributed by atoms with Crippen LogP contribution in [0.15, 0.2) is 24.3 Å². The van der Waals surface area contributed by atoms with E-state index in [-0.39, 0.29) is 11.8 Å². The molecule has 1 aliphatic rings. The maximum absolute atomic E-state index is 12.2. The minimum absolute atomic E-state index is 0.164. The van der Waals surface area contributed by atoms with E-state index >= 15 is 0 Å². The van der Waals surface area contributed by atoms with Crippen LogP contribution in [-0.4, -0.2) is 27.2 Å². The van der Waals surface area contributed by atoms with Gasteiger partial charge >= 0.3 is 0 Å². The van der Waals surface area contributed by atoms with E-state index in [1.165, 1.54) is 0 Å². The molecule has 1 aromatic rings. The van der Waals surface area contributed by atoms with Crippen LogP contribution in [0.1, 0.15) is 36.0 Å². The van der Waals surface area contributed by atoms with Crippen molar-refractivity contribution < 1.29 is 14.7 Å².